The number of hydrogen-bond donors (Lipinski definition) is 1. The first-order chi connectivity index (χ1) is 4.92. The van der Waals surface area contributed by atoms with Gasteiger partial charge < -0.3 is 5.11 Å². The molecule has 0 heterocycles. The maximum Gasteiger partial charge on any atom is 0.0692 e. The molecule has 66 valence electrons. The highest BCUT2D eigenvalue weighted by atomic mass is 16.3. The van der Waals surface area contributed by atoms with Crippen molar-refractivity contribution in [3.63, 3.8) is 0 Å². The van der Waals surface area contributed by atoms with Gasteiger partial charge in [-0.25, -0.2) is 0 Å². The van der Waals surface area contributed by atoms with E-state index in [0.29, 0.717) is 5.41 Å². The third-order valence-electron chi connectivity index (χ3n) is 1.48. The molecule has 0 aromatic heterocycles. The first-order valence-electron chi connectivity index (χ1n) is 4.26. The topological polar surface area (TPSA) is 20.2 Å². The maximum absolute atomic E-state index is 8.89. The second-order valence-electron chi connectivity index (χ2n) is 4.27. The summed E-state index contributed by atoms with van der Waals surface area (Å²) < 4.78 is 0. The highest BCUT2D eigenvalue weighted by molar-refractivity contribution is 4.87. The van der Waals surface area contributed by atoms with Gasteiger partial charge in [0.15, 0.2) is 0 Å². The van der Waals surface area contributed by atoms with E-state index in [0.717, 1.165) is 6.42 Å². The zero-order chi connectivity index (χ0) is 8.91. The molecule has 1 unspecified atom stereocenters. The molecule has 11 heavy (non-hydrogen) atoms. The maximum atomic E-state index is 8.89. The van der Waals surface area contributed by atoms with E-state index in [4.69, 9.17) is 5.11 Å². The predicted molar refractivity (Wildman–Crippen MR) is 49.5 cm³/mol. The SMILES string of the molecule is CC(O)C=CCCC(C)(C)C. The minimum absolute atomic E-state index is 0.296. The molecule has 0 saturated heterocycles. The molecule has 1 nitrogen and oxygen atoms in total. The largest absolute Gasteiger partial charge is 0.389 e. The van der Waals surface area contributed by atoms with Gasteiger partial charge in [0.2, 0.25) is 0 Å². The highest BCUT2D eigenvalue weighted by Gasteiger charge is 2.07. The summed E-state index contributed by atoms with van der Waals surface area (Å²) in [5.74, 6) is 0. The van der Waals surface area contributed by atoms with Crippen LogP contribution in [0.5, 0.6) is 0 Å². The van der Waals surface area contributed by atoms with Crippen molar-refractivity contribution < 1.29 is 5.11 Å². The Hall–Kier alpha value is -0.300. The van der Waals surface area contributed by atoms with Gasteiger partial charge in [0, 0.05) is 0 Å². The van der Waals surface area contributed by atoms with Crippen molar-refractivity contribution in [3.05, 3.63) is 12.2 Å². The molecule has 1 N–H and O–H groups in total. The van der Waals surface area contributed by atoms with Crippen molar-refractivity contribution in [2.75, 3.05) is 0 Å². The van der Waals surface area contributed by atoms with Crippen LogP contribution in [0.1, 0.15) is 40.5 Å². The van der Waals surface area contributed by atoms with E-state index in [-0.39, 0.29) is 6.10 Å². The Morgan fingerprint density at radius 3 is 2.27 bits per heavy atom. The van der Waals surface area contributed by atoms with Crippen molar-refractivity contribution >= 4 is 0 Å². The average Bonchev–Trinajstić information content (AvgIpc) is 1.78. The van der Waals surface area contributed by atoms with Crippen LogP contribution in [-0.2, 0) is 0 Å². The van der Waals surface area contributed by atoms with Crippen LogP contribution < -0.4 is 0 Å². The zero-order valence-electron chi connectivity index (χ0n) is 8.09. The van der Waals surface area contributed by atoms with Crippen molar-refractivity contribution in [3.8, 4) is 0 Å². The summed E-state index contributed by atoms with van der Waals surface area (Å²) in [6.07, 6.45) is 5.83. The van der Waals surface area contributed by atoms with Crippen molar-refractivity contribution in [2.45, 2.75) is 46.6 Å². The van der Waals surface area contributed by atoms with Crippen molar-refractivity contribution in [1.82, 2.24) is 0 Å². The van der Waals surface area contributed by atoms with Crippen LogP contribution >= 0.6 is 0 Å². The smallest absolute Gasteiger partial charge is 0.0692 e. The molecular weight excluding hydrogens is 136 g/mol. The summed E-state index contributed by atoms with van der Waals surface area (Å²) in [4.78, 5) is 0. The van der Waals surface area contributed by atoms with Gasteiger partial charge in [-0.15, -0.1) is 0 Å². The fourth-order valence-corrected chi connectivity index (χ4v) is 0.810. The zero-order valence-corrected chi connectivity index (χ0v) is 8.09. The molecule has 0 aromatic rings. The van der Waals surface area contributed by atoms with E-state index in [1.165, 1.54) is 6.42 Å². The Balaban J connectivity index is 3.42. The molecule has 0 aromatic carbocycles. The quantitative estimate of drug-likeness (QED) is 0.623. The van der Waals surface area contributed by atoms with Crippen LogP contribution in [0.25, 0.3) is 0 Å². The molecule has 0 rings (SSSR count). The fraction of sp³-hybridized carbons (Fsp3) is 0.800. The average molecular weight is 156 g/mol. The number of rotatable bonds is 3. The van der Waals surface area contributed by atoms with E-state index >= 15 is 0 Å². The molecule has 0 aliphatic rings. The van der Waals surface area contributed by atoms with Gasteiger partial charge in [-0.3, -0.25) is 0 Å². The van der Waals surface area contributed by atoms with Crippen molar-refractivity contribution in [1.29, 1.82) is 0 Å². The van der Waals surface area contributed by atoms with Gasteiger partial charge in [0.25, 0.3) is 0 Å². The van der Waals surface area contributed by atoms with E-state index in [1.54, 1.807) is 6.92 Å². The fourth-order valence-electron chi connectivity index (χ4n) is 0.810. The Bertz CT molecular complexity index is 117. The van der Waals surface area contributed by atoms with Crippen LogP contribution in [0.15, 0.2) is 12.2 Å². The molecule has 0 bridgehead atoms. The molecular formula is C10H20O. The summed E-state index contributed by atoms with van der Waals surface area (Å²) in [6, 6.07) is 0. The summed E-state index contributed by atoms with van der Waals surface area (Å²) in [5, 5.41) is 8.89. The van der Waals surface area contributed by atoms with E-state index in [2.05, 4.69) is 26.8 Å². The lowest BCUT2D eigenvalue weighted by atomic mass is 9.90. The molecule has 0 radical (unpaired) electrons. The first kappa shape index (κ1) is 10.7. The molecule has 1 heteroatoms. The molecule has 1 atom stereocenters. The monoisotopic (exact) mass is 156 g/mol. The lowest BCUT2D eigenvalue weighted by molar-refractivity contribution is 0.243. The molecule has 0 amide bonds. The van der Waals surface area contributed by atoms with Gasteiger partial charge in [-0.05, 0) is 25.2 Å². The minimum atomic E-state index is -0.296. The number of aliphatic hydroxyl groups is 1. The summed E-state index contributed by atoms with van der Waals surface area (Å²) in [7, 11) is 0. The Morgan fingerprint density at radius 1 is 1.36 bits per heavy atom. The molecule has 0 spiro atoms. The Morgan fingerprint density at radius 2 is 1.91 bits per heavy atom. The van der Waals surface area contributed by atoms with Gasteiger partial charge in [-0.1, -0.05) is 32.9 Å². The summed E-state index contributed by atoms with van der Waals surface area (Å²) in [6.45, 7) is 8.45. The Kier molecular flexibility index (Phi) is 4.43. The third-order valence-corrected chi connectivity index (χ3v) is 1.48. The van der Waals surface area contributed by atoms with E-state index < -0.39 is 0 Å². The lowest BCUT2D eigenvalue weighted by Gasteiger charge is -2.15. The molecule has 0 fully saturated rings. The van der Waals surface area contributed by atoms with Crippen LogP contribution in [0.3, 0.4) is 0 Å². The van der Waals surface area contributed by atoms with Crippen molar-refractivity contribution in [2.24, 2.45) is 5.41 Å². The van der Waals surface area contributed by atoms with E-state index in [9.17, 15) is 0 Å². The number of allylic oxidation sites excluding steroid dienone is 1. The minimum Gasteiger partial charge on any atom is -0.389 e. The van der Waals surface area contributed by atoms with Gasteiger partial charge in [0.05, 0.1) is 6.10 Å². The standard InChI is InChI=1S/C10H20O/c1-9(11)7-5-6-8-10(2,3)4/h5,7,9,11H,6,8H2,1-4H3. The van der Waals surface area contributed by atoms with Crippen LogP contribution in [0, 0.1) is 5.41 Å². The highest BCUT2D eigenvalue weighted by Crippen LogP contribution is 2.20. The lowest BCUT2D eigenvalue weighted by Crippen LogP contribution is -2.03. The second-order valence-corrected chi connectivity index (χ2v) is 4.27. The second kappa shape index (κ2) is 4.55. The normalized spacial score (nSPS) is 15.7. The van der Waals surface area contributed by atoms with Crippen LogP contribution in [0.2, 0.25) is 0 Å². The molecule has 0 saturated carbocycles. The van der Waals surface area contributed by atoms with Crippen LogP contribution in [0.4, 0.5) is 0 Å². The molecule has 0 aliphatic carbocycles. The molecule has 0 aliphatic heterocycles. The Labute approximate surface area is 70.1 Å². The predicted octanol–water partition coefficient (Wildman–Crippen LogP) is 2.75. The van der Waals surface area contributed by atoms with Gasteiger partial charge in [0.1, 0.15) is 0 Å². The first-order valence-corrected chi connectivity index (χ1v) is 4.26. The summed E-state index contributed by atoms with van der Waals surface area (Å²) in [5.41, 5.74) is 0.406. The van der Waals surface area contributed by atoms with Crippen LogP contribution in [-0.4, -0.2) is 11.2 Å². The number of hydrogen-bond acceptors (Lipinski definition) is 1. The number of aliphatic hydroxyl groups excluding tert-OH is 1. The van der Waals surface area contributed by atoms with Gasteiger partial charge >= 0.3 is 0 Å². The van der Waals surface area contributed by atoms with Gasteiger partial charge in [-0.2, -0.15) is 0 Å². The summed E-state index contributed by atoms with van der Waals surface area (Å²) >= 11 is 0. The van der Waals surface area contributed by atoms with E-state index in [1.807, 2.05) is 6.08 Å². The third kappa shape index (κ3) is 9.70.